The fourth-order valence-corrected chi connectivity index (χ4v) is 2.16. The maximum absolute atomic E-state index is 11.7. The molecule has 82 valence electrons. The zero-order chi connectivity index (χ0) is 10.4. The van der Waals surface area contributed by atoms with Crippen molar-refractivity contribution in [3.05, 3.63) is 0 Å². The molecule has 1 rings (SSSR count). The molecule has 0 aliphatic carbocycles. The molecule has 1 N–H and O–H groups in total. The van der Waals surface area contributed by atoms with E-state index in [2.05, 4.69) is 11.6 Å². The van der Waals surface area contributed by atoms with Crippen LogP contribution in [-0.4, -0.2) is 42.1 Å². The van der Waals surface area contributed by atoms with Crippen molar-refractivity contribution in [2.75, 3.05) is 25.2 Å². The first-order valence-electron chi connectivity index (χ1n) is 5.30. The molecule has 4 heteroatoms. The molecule has 1 heterocycles. The maximum atomic E-state index is 11.7. The largest absolute Gasteiger partial charge is 0.329 e. The second-order valence-corrected chi connectivity index (χ2v) is 4.61. The van der Waals surface area contributed by atoms with Crippen LogP contribution >= 0.6 is 11.8 Å². The predicted octanol–water partition coefficient (Wildman–Crippen LogP) is 1.30. The molecule has 0 bridgehead atoms. The van der Waals surface area contributed by atoms with Crippen molar-refractivity contribution in [2.24, 2.45) is 0 Å². The standard InChI is InChI=1S/C10H20N2OS/c1-3-9-10(13)12(8-11-9)6-4-5-7-14-2/h9,11H,3-8H2,1-2H3. The van der Waals surface area contributed by atoms with Gasteiger partial charge in [0, 0.05) is 6.54 Å². The molecule has 14 heavy (non-hydrogen) atoms. The molecule has 1 amide bonds. The summed E-state index contributed by atoms with van der Waals surface area (Å²) in [6, 6.07) is 0.0792. The molecule has 1 aliphatic heterocycles. The van der Waals surface area contributed by atoms with Crippen molar-refractivity contribution in [1.82, 2.24) is 10.2 Å². The molecule has 0 aromatic rings. The molecule has 1 fully saturated rings. The van der Waals surface area contributed by atoms with E-state index in [0.717, 1.165) is 26.1 Å². The summed E-state index contributed by atoms with van der Waals surface area (Å²) in [5.74, 6) is 1.49. The van der Waals surface area contributed by atoms with E-state index in [1.807, 2.05) is 23.6 Å². The summed E-state index contributed by atoms with van der Waals surface area (Å²) in [5.41, 5.74) is 0. The Kier molecular flexibility index (Phi) is 5.33. The van der Waals surface area contributed by atoms with Gasteiger partial charge >= 0.3 is 0 Å². The molecule has 1 unspecified atom stereocenters. The maximum Gasteiger partial charge on any atom is 0.240 e. The van der Waals surface area contributed by atoms with Crippen molar-refractivity contribution in [1.29, 1.82) is 0 Å². The molecule has 0 aromatic heterocycles. The third-order valence-corrected chi connectivity index (χ3v) is 3.27. The zero-order valence-electron chi connectivity index (χ0n) is 9.08. The lowest BCUT2D eigenvalue weighted by Gasteiger charge is -2.14. The van der Waals surface area contributed by atoms with Crippen LogP contribution in [0.1, 0.15) is 26.2 Å². The highest BCUT2D eigenvalue weighted by molar-refractivity contribution is 7.98. The minimum Gasteiger partial charge on any atom is -0.329 e. The predicted molar refractivity (Wildman–Crippen MR) is 61.4 cm³/mol. The number of carbonyl (C=O) groups excluding carboxylic acids is 1. The lowest BCUT2D eigenvalue weighted by molar-refractivity contribution is -0.129. The molecular formula is C10H20N2OS. The van der Waals surface area contributed by atoms with Crippen LogP contribution in [0.15, 0.2) is 0 Å². The molecular weight excluding hydrogens is 196 g/mol. The quantitative estimate of drug-likeness (QED) is 0.679. The topological polar surface area (TPSA) is 32.3 Å². The van der Waals surface area contributed by atoms with Crippen molar-refractivity contribution in [2.45, 2.75) is 32.2 Å². The second-order valence-electron chi connectivity index (χ2n) is 3.62. The fraction of sp³-hybridized carbons (Fsp3) is 0.900. The van der Waals surface area contributed by atoms with Gasteiger partial charge in [0.2, 0.25) is 5.91 Å². The van der Waals surface area contributed by atoms with E-state index in [4.69, 9.17) is 0 Å². The van der Waals surface area contributed by atoms with Crippen molar-refractivity contribution in [3.63, 3.8) is 0 Å². The number of hydrogen-bond acceptors (Lipinski definition) is 3. The monoisotopic (exact) mass is 216 g/mol. The average molecular weight is 216 g/mol. The number of carbonyl (C=O) groups is 1. The van der Waals surface area contributed by atoms with Gasteiger partial charge in [0.05, 0.1) is 12.7 Å². The lowest BCUT2D eigenvalue weighted by Crippen LogP contribution is -2.30. The summed E-state index contributed by atoms with van der Waals surface area (Å²) in [7, 11) is 0. The van der Waals surface area contributed by atoms with Gasteiger partial charge in [-0.2, -0.15) is 11.8 Å². The minimum atomic E-state index is 0.0792. The van der Waals surface area contributed by atoms with Crippen LogP contribution in [0.5, 0.6) is 0 Å². The Morgan fingerprint density at radius 3 is 2.93 bits per heavy atom. The van der Waals surface area contributed by atoms with Gasteiger partial charge in [-0.25, -0.2) is 0 Å². The zero-order valence-corrected chi connectivity index (χ0v) is 9.90. The van der Waals surface area contributed by atoms with Crippen molar-refractivity contribution in [3.8, 4) is 0 Å². The van der Waals surface area contributed by atoms with Gasteiger partial charge in [0.15, 0.2) is 0 Å². The van der Waals surface area contributed by atoms with Crippen LogP contribution in [0.4, 0.5) is 0 Å². The number of hydrogen-bond donors (Lipinski definition) is 1. The van der Waals surface area contributed by atoms with Crippen LogP contribution in [0.25, 0.3) is 0 Å². The molecule has 1 atom stereocenters. The van der Waals surface area contributed by atoms with Crippen LogP contribution in [0.2, 0.25) is 0 Å². The van der Waals surface area contributed by atoms with Gasteiger partial charge < -0.3 is 4.90 Å². The van der Waals surface area contributed by atoms with E-state index in [-0.39, 0.29) is 11.9 Å². The first-order chi connectivity index (χ1) is 6.79. The van der Waals surface area contributed by atoms with Gasteiger partial charge in [-0.1, -0.05) is 6.92 Å². The van der Waals surface area contributed by atoms with Crippen LogP contribution in [0.3, 0.4) is 0 Å². The summed E-state index contributed by atoms with van der Waals surface area (Å²) in [6.07, 6.45) is 5.36. The summed E-state index contributed by atoms with van der Waals surface area (Å²) in [6.45, 7) is 3.71. The normalized spacial score (nSPS) is 22.0. The van der Waals surface area contributed by atoms with Crippen LogP contribution in [-0.2, 0) is 4.79 Å². The minimum absolute atomic E-state index is 0.0792. The molecule has 0 aromatic carbocycles. The Labute approximate surface area is 90.6 Å². The highest BCUT2D eigenvalue weighted by Crippen LogP contribution is 2.08. The third kappa shape index (κ3) is 3.17. The molecule has 0 spiro atoms. The van der Waals surface area contributed by atoms with Gasteiger partial charge in [0.1, 0.15) is 0 Å². The van der Waals surface area contributed by atoms with E-state index < -0.39 is 0 Å². The fourth-order valence-electron chi connectivity index (χ4n) is 1.66. The first-order valence-corrected chi connectivity index (χ1v) is 6.70. The molecule has 3 nitrogen and oxygen atoms in total. The van der Waals surface area contributed by atoms with Gasteiger partial charge in [-0.3, -0.25) is 10.1 Å². The highest BCUT2D eigenvalue weighted by atomic mass is 32.2. The number of nitrogens with zero attached hydrogens (tertiary/aromatic N) is 1. The van der Waals surface area contributed by atoms with E-state index in [1.54, 1.807) is 0 Å². The summed E-state index contributed by atoms with van der Waals surface area (Å²) in [4.78, 5) is 13.6. The van der Waals surface area contributed by atoms with Crippen LogP contribution in [0, 0.1) is 0 Å². The summed E-state index contributed by atoms with van der Waals surface area (Å²) in [5, 5.41) is 3.22. The molecule has 0 radical (unpaired) electrons. The van der Waals surface area contributed by atoms with Gasteiger partial charge in [-0.15, -0.1) is 0 Å². The Hall–Kier alpha value is -0.220. The van der Waals surface area contributed by atoms with Gasteiger partial charge in [0.25, 0.3) is 0 Å². The Morgan fingerprint density at radius 1 is 1.57 bits per heavy atom. The summed E-state index contributed by atoms with van der Waals surface area (Å²) >= 11 is 1.87. The number of nitrogens with one attached hydrogen (secondary N) is 1. The van der Waals surface area contributed by atoms with Gasteiger partial charge in [-0.05, 0) is 31.3 Å². The van der Waals surface area contributed by atoms with Crippen molar-refractivity contribution >= 4 is 17.7 Å². The number of rotatable bonds is 6. The van der Waals surface area contributed by atoms with E-state index >= 15 is 0 Å². The van der Waals surface area contributed by atoms with E-state index in [0.29, 0.717) is 0 Å². The van der Waals surface area contributed by atoms with E-state index in [1.165, 1.54) is 12.2 Å². The summed E-state index contributed by atoms with van der Waals surface area (Å²) < 4.78 is 0. The SMILES string of the molecule is CCC1NCN(CCCCSC)C1=O. The Bertz CT molecular complexity index is 187. The molecule has 0 saturated carbocycles. The van der Waals surface area contributed by atoms with Crippen LogP contribution < -0.4 is 5.32 Å². The van der Waals surface area contributed by atoms with Crippen molar-refractivity contribution < 1.29 is 4.79 Å². The smallest absolute Gasteiger partial charge is 0.240 e. The number of unbranched alkanes of at least 4 members (excludes halogenated alkanes) is 1. The first kappa shape index (κ1) is 11.9. The highest BCUT2D eigenvalue weighted by Gasteiger charge is 2.28. The Balaban J connectivity index is 2.16. The Morgan fingerprint density at radius 2 is 2.36 bits per heavy atom. The number of thioether (sulfide) groups is 1. The number of amides is 1. The lowest BCUT2D eigenvalue weighted by atomic mass is 10.2. The average Bonchev–Trinajstić information content (AvgIpc) is 2.55. The van der Waals surface area contributed by atoms with E-state index in [9.17, 15) is 4.79 Å². The molecule has 1 saturated heterocycles. The third-order valence-electron chi connectivity index (χ3n) is 2.57. The molecule has 1 aliphatic rings. The second kappa shape index (κ2) is 6.30.